The molecule has 0 saturated heterocycles. The van der Waals surface area contributed by atoms with Gasteiger partial charge in [-0.3, -0.25) is 0 Å². The Morgan fingerprint density at radius 3 is 1.15 bits per heavy atom. The van der Waals surface area contributed by atoms with Crippen molar-refractivity contribution in [1.29, 1.82) is 0 Å². The Morgan fingerprint density at radius 2 is 0.717 bits per heavy atom. The average molecular weight is 802 g/mol. The summed E-state index contributed by atoms with van der Waals surface area (Å²) in [4.78, 5) is 11.2. The number of nitrogens with zero attached hydrogens (tertiary/aromatic N) is 2. The molecule has 248 valence electrons. The van der Waals surface area contributed by atoms with Crippen molar-refractivity contribution in [2.45, 2.75) is 9.79 Å². The zero-order valence-corrected chi connectivity index (χ0v) is 34.6. The summed E-state index contributed by atoms with van der Waals surface area (Å²) in [6, 6.07) is 59.0. The van der Waals surface area contributed by atoms with Crippen LogP contribution in [0.2, 0.25) is 0 Å². The van der Waals surface area contributed by atoms with Gasteiger partial charge >= 0.3 is 19.5 Å². The van der Waals surface area contributed by atoms with Crippen molar-refractivity contribution in [3.63, 3.8) is 0 Å². The van der Waals surface area contributed by atoms with Crippen molar-refractivity contribution in [2.24, 2.45) is 0 Å². The maximum atomic E-state index is 5.59. The van der Waals surface area contributed by atoms with Crippen molar-refractivity contribution < 1.29 is 19.5 Å². The van der Waals surface area contributed by atoms with E-state index in [4.69, 9.17) is 35.2 Å². The minimum atomic E-state index is 0. The molecule has 2 nitrogen and oxygen atoms in total. The van der Waals surface area contributed by atoms with Crippen LogP contribution in [-0.2, 0) is 44.7 Å². The molecular weight excluding hydrogens is 774 g/mol. The predicted octanol–water partition coefficient (Wildman–Crippen LogP) is 13.4. The summed E-state index contributed by atoms with van der Waals surface area (Å²) in [5.74, 6) is 0. The second kappa shape index (κ2) is 15.2. The van der Waals surface area contributed by atoms with E-state index in [2.05, 4.69) is 121 Å². The molecule has 0 fully saturated rings. The van der Waals surface area contributed by atoms with Gasteiger partial charge in [0.2, 0.25) is 0 Å². The molecule has 2 heterocycles. The number of fused-ring (bicyclic) bond motifs is 4. The Morgan fingerprint density at radius 1 is 0.358 bits per heavy atom. The second-order valence-corrected chi connectivity index (χ2v) is 15.5. The smallest absolute Gasteiger partial charge is 0.779 e. The van der Waals surface area contributed by atoms with Crippen LogP contribution < -0.4 is 0 Å². The van der Waals surface area contributed by atoms with Gasteiger partial charge in [0.15, 0.2) is 0 Å². The van der Waals surface area contributed by atoms with Gasteiger partial charge in [0.25, 0.3) is 0 Å². The SMILES string of the molecule is [S-]c1ccc(-c2ccc3ccccc3c2)cc1-c1nc2ccccc2s1.[S-]c1ccc(-c2ccc3ccccc3c2)cc1-c1nc2ccccc2s1.[Zn+2]. The quantitative estimate of drug-likeness (QED) is 0.131. The molecule has 0 spiro atoms. The van der Waals surface area contributed by atoms with E-state index in [0.717, 1.165) is 42.0 Å². The van der Waals surface area contributed by atoms with Crippen LogP contribution in [0.15, 0.2) is 180 Å². The molecule has 0 bridgehead atoms. The fourth-order valence-electron chi connectivity index (χ4n) is 6.47. The average Bonchev–Trinajstić information content (AvgIpc) is 3.83. The molecule has 0 radical (unpaired) electrons. The van der Waals surface area contributed by atoms with Crippen molar-refractivity contribution in [3.05, 3.63) is 170 Å². The molecule has 0 aliphatic heterocycles. The third-order valence-corrected chi connectivity index (χ3v) is 12.0. The largest absolute Gasteiger partial charge is 2.00 e. The minimum absolute atomic E-state index is 0. The molecule has 8 aromatic carbocycles. The van der Waals surface area contributed by atoms with Gasteiger partial charge in [0, 0.05) is 0 Å². The van der Waals surface area contributed by atoms with Crippen LogP contribution >= 0.6 is 22.7 Å². The molecule has 2 aromatic heterocycles. The van der Waals surface area contributed by atoms with Crippen LogP contribution in [0.5, 0.6) is 0 Å². The van der Waals surface area contributed by atoms with E-state index >= 15 is 0 Å². The first-order valence-electron chi connectivity index (χ1n) is 16.9. The van der Waals surface area contributed by atoms with Crippen LogP contribution in [0.25, 0.3) is 85.4 Å². The number of rotatable bonds is 4. The molecule has 10 rings (SSSR count). The third kappa shape index (κ3) is 7.24. The monoisotopic (exact) mass is 800 g/mol. The predicted molar refractivity (Wildman–Crippen MR) is 227 cm³/mol. The number of benzene rings is 8. The molecule has 53 heavy (non-hydrogen) atoms. The van der Waals surface area contributed by atoms with E-state index < -0.39 is 0 Å². The molecule has 0 saturated carbocycles. The second-order valence-electron chi connectivity index (χ2n) is 12.5. The summed E-state index contributed by atoms with van der Waals surface area (Å²) in [6.45, 7) is 0. The topological polar surface area (TPSA) is 25.8 Å². The van der Waals surface area contributed by atoms with E-state index in [0.29, 0.717) is 0 Å². The Labute approximate surface area is 339 Å². The molecular formula is C46H28N2S4Zn. The van der Waals surface area contributed by atoms with E-state index in [9.17, 15) is 0 Å². The third-order valence-electron chi connectivity index (χ3n) is 9.17. The zero-order chi connectivity index (χ0) is 35.0. The Balaban J connectivity index is 0.000000148. The molecule has 0 unspecified atom stereocenters. The van der Waals surface area contributed by atoms with E-state index in [1.165, 1.54) is 53.2 Å². The molecule has 0 atom stereocenters. The molecule has 0 aliphatic carbocycles. The molecule has 0 aliphatic rings. The standard InChI is InChI=1S/2C23H15NS2.Zn/c2*25-21-12-11-18(17-10-9-15-5-1-2-6-16(15)13-17)14-19(21)23-24-20-7-3-4-8-22(20)26-23;/h2*1-14,25H;/q;;+2/p-2. The van der Waals surface area contributed by atoms with Crippen LogP contribution in [0, 0.1) is 0 Å². The van der Waals surface area contributed by atoms with Crippen molar-refractivity contribution in [1.82, 2.24) is 9.97 Å². The summed E-state index contributed by atoms with van der Waals surface area (Å²) >= 11 is 14.6. The van der Waals surface area contributed by atoms with E-state index in [1.54, 1.807) is 22.7 Å². The van der Waals surface area contributed by atoms with Gasteiger partial charge in [0.05, 0.1) is 20.4 Å². The fourth-order valence-corrected chi connectivity index (χ4v) is 9.03. The van der Waals surface area contributed by atoms with Crippen molar-refractivity contribution in [3.8, 4) is 43.4 Å². The first-order valence-corrected chi connectivity index (χ1v) is 19.3. The van der Waals surface area contributed by atoms with Gasteiger partial charge in [-0.05, 0) is 103 Å². The van der Waals surface area contributed by atoms with Gasteiger partial charge in [-0.1, -0.05) is 121 Å². The summed E-state index contributed by atoms with van der Waals surface area (Å²) < 4.78 is 2.38. The minimum Gasteiger partial charge on any atom is -0.779 e. The Bertz CT molecular complexity index is 2650. The Hall–Kier alpha value is -4.88. The van der Waals surface area contributed by atoms with E-state index in [-0.39, 0.29) is 19.5 Å². The molecule has 10 aromatic rings. The molecule has 0 amide bonds. The van der Waals surface area contributed by atoms with Crippen molar-refractivity contribution >= 4 is 89.9 Å². The summed E-state index contributed by atoms with van der Waals surface area (Å²) in [7, 11) is 0. The van der Waals surface area contributed by atoms with Crippen LogP contribution in [-0.4, -0.2) is 9.97 Å². The fraction of sp³-hybridized carbons (Fsp3) is 0. The number of para-hydroxylation sites is 2. The van der Waals surface area contributed by atoms with Gasteiger partial charge in [-0.25, -0.2) is 9.97 Å². The first-order chi connectivity index (χ1) is 25.6. The number of hydrogen-bond donors (Lipinski definition) is 0. The zero-order valence-electron chi connectivity index (χ0n) is 28.4. The van der Waals surface area contributed by atoms with Crippen LogP contribution in [0.1, 0.15) is 0 Å². The first kappa shape index (κ1) is 35.2. The number of hydrogen-bond acceptors (Lipinski definition) is 6. The maximum Gasteiger partial charge on any atom is 2.00 e. The molecule has 0 N–H and O–H groups in total. The maximum absolute atomic E-state index is 5.59. The van der Waals surface area contributed by atoms with Gasteiger partial charge < -0.3 is 25.3 Å². The summed E-state index contributed by atoms with van der Waals surface area (Å²) in [5.41, 5.74) is 8.84. The van der Waals surface area contributed by atoms with Gasteiger partial charge in [-0.15, -0.1) is 22.7 Å². The van der Waals surface area contributed by atoms with E-state index in [1.807, 2.05) is 48.5 Å². The van der Waals surface area contributed by atoms with Crippen molar-refractivity contribution in [2.75, 3.05) is 0 Å². The van der Waals surface area contributed by atoms with Gasteiger partial charge in [0.1, 0.15) is 10.0 Å². The van der Waals surface area contributed by atoms with Crippen LogP contribution in [0.3, 0.4) is 0 Å². The summed E-state index contributed by atoms with van der Waals surface area (Å²) in [5, 5.41) is 6.96. The van der Waals surface area contributed by atoms with Gasteiger partial charge in [-0.2, -0.15) is 9.79 Å². The summed E-state index contributed by atoms with van der Waals surface area (Å²) in [6.07, 6.45) is 0. The number of thiazole rings is 2. The normalized spacial score (nSPS) is 11.0. The van der Waals surface area contributed by atoms with Crippen LogP contribution in [0.4, 0.5) is 0 Å². The number of aromatic nitrogens is 2. The molecule has 7 heteroatoms. The Kier molecular flexibility index (Phi) is 10.1.